The molecule has 1 N–H and O–H groups in total. The first-order chi connectivity index (χ1) is 10.7. The first-order valence-electron chi connectivity index (χ1n) is 6.90. The van der Waals surface area contributed by atoms with Gasteiger partial charge in [-0.15, -0.1) is 0 Å². The lowest BCUT2D eigenvalue weighted by Crippen LogP contribution is -2.05. The minimum absolute atomic E-state index is 0.345. The first-order valence-corrected chi connectivity index (χ1v) is 6.90. The van der Waals surface area contributed by atoms with E-state index in [0.717, 1.165) is 16.9 Å². The summed E-state index contributed by atoms with van der Waals surface area (Å²) in [6, 6.07) is 13.6. The van der Waals surface area contributed by atoms with Crippen LogP contribution in [0.2, 0.25) is 0 Å². The lowest BCUT2D eigenvalue weighted by molar-refractivity contribution is 0.0599. The lowest BCUT2D eigenvalue weighted by atomic mass is 10.1. The molecule has 0 saturated heterocycles. The predicted octanol–water partition coefficient (Wildman–Crippen LogP) is 2.95. The topological polar surface area (TPSA) is 64.2 Å². The van der Waals surface area contributed by atoms with Crippen LogP contribution >= 0.6 is 0 Å². The fourth-order valence-electron chi connectivity index (χ4n) is 2.45. The zero-order valence-electron chi connectivity index (χ0n) is 12.4. The Kier molecular flexibility index (Phi) is 3.78. The molecule has 5 heteroatoms. The summed E-state index contributed by atoms with van der Waals surface area (Å²) >= 11 is 0. The fourth-order valence-corrected chi connectivity index (χ4v) is 2.45. The summed E-state index contributed by atoms with van der Waals surface area (Å²) in [5.74, 6) is 0.789. The number of nitrogens with zero attached hydrogens (tertiary/aromatic N) is 1. The first kappa shape index (κ1) is 14.1. The van der Waals surface area contributed by atoms with Crippen molar-refractivity contribution in [3.63, 3.8) is 0 Å². The maximum Gasteiger partial charge on any atom is 0.343 e. The van der Waals surface area contributed by atoms with Crippen LogP contribution in [0.15, 0.2) is 42.5 Å². The molecule has 0 aliphatic rings. The molecular formula is C17H16N2O3. The maximum absolute atomic E-state index is 12.0. The third kappa shape index (κ3) is 2.53. The highest BCUT2D eigenvalue weighted by Gasteiger charge is 2.20. The Morgan fingerprint density at radius 3 is 2.59 bits per heavy atom. The smallest absolute Gasteiger partial charge is 0.343 e. The summed E-state index contributed by atoms with van der Waals surface area (Å²) in [6.45, 7) is 0. The molecule has 1 heterocycles. The molecule has 0 fully saturated rings. The van der Waals surface area contributed by atoms with Crippen molar-refractivity contribution >= 4 is 17.0 Å². The van der Waals surface area contributed by atoms with Crippen LogP contribution in [0.5, 0.6) is 5.75 Å². The number of carbonyl (C=O) groups excluding carboxylic acids is 1. The number of hydrogen-bond donors (Lipinski definition) is 1. The van der Waals surface area contributed by atoms with Gasteiger partial charge in [-0.25, -0.2) is 9.78 Å². The van der Waals surface area contributed by atoms with Gasteiger partial charge in [0, 0.05) is 6.42 Å². The predicted molar refractivity (Wildman–Crippen MR) is 83.2 cm³/mol. The lowest BCUT2D eigenvalue weighted by Gasteiger charge is -2.06. The second-order valence-electron chi connectivity index (χ2n) is 4.88. The van der Waals surface area contributed by atoms with Crippen LogP contribution < -0.4 is 4.74 Å². The Bertz CT molecular complexity index is 809. The zero-order chi connectivity index (χ0) is 15.5. The Morgan fingerprint density at radius 2 is 1.91 bits per heavy atom. The van der Waals surface area contributed by atoms with Crippen LogP contribution in [0, 0.1) is 0 Å². The Labute approximate surface area is 127 Å². The van der Waals surface area contributed by atoms with Crippen molar-refractivity contribution in [2.75, 3.05) is 14.2 Å². The van der Waals surface area contributed by atoms with Gasteiger partial charge in [0.25, 0.3) is 0 Å². The van der Waals surface area contributed by atoms with Crippen LogP contribution in [0.1, 0.15) is 21.7 Å². The monoisotopic (exact) mass is 296 g/mol. The molecule has 0 radical (unpaired) electrons. The van der Waals surface area contributed by atoms with E-state index in [2.05, 4.69) is 9.97 Å². The molecule has 0 bridgehead atoms. The number of fused-ring (bicyclic) bond motifs is 1. The molecular weight excluding hydrogens is 280 g/mol. The zero-order valence-corrected chi connectivity index (χ0v) is 12.4. The van der Waals surface area contributed by atoms with E-state index >= 15 is 0 Å². The van der Waals surface area contributed by atoms with E-state index in [-0.39, 0.29) is 0 Å². The molecule has 3 aromatic rings. The van der Waals surface area contributed by atoms with Gasteiger partial charge in [0.2, 0.25) is 0 Å². The Morgan fingerprint density at radius 1 is 1.14 bits per heavy atom. The standard InChI is InChI=1S/C17H16N2O3/c1-21-13-9-8-12-16(15(13)17(20)22-2)19-14(18-12)10-11-6-4-3-5-7-11/h3-9H,10H2,1-2H3,(H,18,19). The van der Waals surface area contributed by atoms with Gasteiger partial charge in [-0.2, -0.15) is 0 Å². The number of benzene rings is 2. The van der Waals surface area contributed by atoms with Crippen molar-refractivity contribution in [1.82, 2.24) is 9.97 Å². The minimum Gasteiger partial charge on any atom is -0.496 e. The summed E-state index contributed by atoms with van der Waals surface area (Å²) in [6.07, 6.45) is 0.665. The van der Waals surface area contributed by atoms with E-state index in [1.165, 1.54) is 14.2 Å². The molecule has 3 rings (SSSR count). The number of aromatic amines is 1. The van der Waals surface area contributed by atoms with Gasteiger partial charge in [0.15, 0.2) is 0 Å². The molecule has 2 aromatic carbocycles. The number of imidazole rings is 1. The van der Waals surface area contributed by atoms with Crippen LogP contribution in [-0.2, 0) is 11.2 Å². The van der Waals surface area contributed by atoms with E-state index in [1.54, 1.807) is 6.07 Å². The highest BCUT2D eigenvalue weighted by Crippen LogP contribution is 2.27. The Balaban J connectivity index is 2.07. The van der Waals surface area contributed by atoms with E-state index in [0.29, 0.717) is 23.3 Å². The van der Waals surface area contributed by atoms with Gasteiger partial charge < -0.3 is 14.5 Å². The summed E-state index contributed by atoms with van der Waals surface area (Å²) in [4.78, 5) is 19.8. The quantitative estimate of drug-likeness (QED) is 0.752. The van der Waals surface area contributed by atoms with Crippen molar-refractivity contribution in [1.29, 1.82) is 0 Å². The number of rotatable bonds is 4. The molecule has 0 atom stereocenters. The number of esters is 1. The average Bonchev–Trinajstić information content (AvgIpc) is 2.96. The molecule has 0 unspecified atom stereocenters. The molecule has 112 valence electrons. The SMILES string of the molecule is COC(=O)c1c(OC)ccc2[nH]c(Cc3ccccc3)nc12. The summed E-state index contributed by atoms with van der Waals surface area (Å²) in [7, 11) is 2.86. The number of methoxy groups -OCH3 is 2. The van der Waals surface area contributed by atoms with Crippen molar-refractivity contribution in [2.45, 2.75) is 6.42 Å². The number of nitrogens with one attached hydrogen (secondary N) is 1. The summed E-state index contributed by atoms with van der Waals surface area (Å²) in [5.41, 5.74) is 2.84. The van der Waals surface area contributed by atoms with E-state index in [4.69, 9.17) is 9.47 Å². The molecule has 5 nitrogen and oxygen atoms in total. The van der Waals surface area contributed by atoms with Crippen molar-refractivity contribution in [2.24, 2.45) is 0 Å². The molecule has 1 aromatic heterocycles. The fraction of sp³-hybridized carbons (Fsp3) is 0.176. The number of ether oxygens (including phenoxy) is 2. The summed E-state index contributed by atoms with van der Waals surface area (Å²) in [5, 5.41) is 0. The number of hydrogen-bond acceptors (Lipinski definition) is 4. The van der Waals surface area contributed by atoms with Crippen LogP contribution in [0.25, 0.3) is 11.0 Å². The normalized spacial score (nSPS) is 10.6. The van der Waals surface area contributed by atoms with Crippen molar-refractivity contribution < 1.29 is 14.3 Å². The molecule has 0 spiro atoms. The number of carbonyl (C=O) groups is 1. The van der Waals surface area contributed by atoms with Gasteiger partial charge in [-0.1, -0.05) is 30.3 Å². The van der Waals surface area contributed by atoms with Gasteiger partial charge in [0.1, 0.15) is 22.7 Å². The molecule has 0 aliphatic heterocycles. The van der Waals surface area contributed by atoms with Gasteiger partial charge in [-0.3, -0.25) is 0 Å². The van der Waals surface area contributed by atoms with E-state index < -0.39 is 5.97 Å². The number of H-pyrrole nitrogens is 1. The van der Waals surface area contributed by atoms with Crippen LogP contribution in [-0.4, -0.2) is 30.2 Å². The third-order valence-electron chi connectivity index (χ3n) is 3.49. The molecule has 22 heavy (non-hydrogen) atoms. The van der Waals surface area contributed by atoms with E-state index in [1.807, 2.05) is 36.4 Å². The largest absolute Gasteiger partial charge is 0.496 e. The highest BCUT2D eigenvalue weighted by atomic mass is 16.5. The third-order valence-corrected chi connectivity index (χ3v) is 3.49. The second-order valence-corrected chi connectivity index (χ2v) is 4.88. The molecule has 0 saturated carbocycles. The van der Waals surface area contributed by atoms with Crippen molar-refractivity contribution in [3.8, 4) is 5.75 Å². The minimum atomic E-state index is -0.458. The summed E-state index contributed by atoms with van der Waals surface area (Å²) < 4.78 is 10.1. The van der Waals surface area contributed by atoms with Crippen LogP contribution in [0.4, 0.5) is 0 Å². The van der Waals surface area contributed by atoms with Gasteiger partial charge >= 0.3 is 5.97 Å². The highest BCUT2D eigenvalue weighted by molar-refractivity contribution is 6.04. The number of aromatic nitrogens is 2. The van der Waals surface area contributed by atoms with E-state index in [9.17, 15) is 4.79 Å². The molecule has 0 aliphatic carbocycles. The van der Waals surface area contributed by atoms with Crippen LogP contribution in [0.3, 0.4) is 0 Å². The van der Waals surface area contributed by atoms with Gasteiger partial charge in [-0.05, 0) is 17.7 Å². The maximum atomic E-state index is 12.0. The average molecular weight is 296 g/mol. The molecule has 0 amide bonds. The van der Waals surface area contributed by atoms with Crippen molar-refractivity contribution in [3.05, 3.63) is 59.4 Å². The second kappa shape index (κ2) is 5.89. The van der Waals surface area contributed by atoms with Gasteiger partial charge in [0.05, 0.1) is 19.7 Å². The Hall–Kier alpha value is -2.82.